The van der Waals surface area contributed by atoms with Gasteiger partial charge in [0.2, 0.25) is 0 Å². The molecule has 0 radical (unpaired) electrons. The van der Waals surface area contributed by atoms with E-state index in [1.165, 1.54) is 0 Å². The molecule has 1 aromatic rings. The molecular weight excluding hydrogens is 295 g/mol. The van der Waals surface area contributed by atoms with Gasteiger partial charge in [0.05, 0.1) is 13.2 Å². The van der Waals surface area contributed by atoms with Gasteiger partial charge in [-0.25, -0.2) is 0 Å². The van der Waals surface area contributed by atoms with Gasteiger partial charge in [0.1, 0.15) is 12.4 Å². The van der Waals surface area contributed by atoms with Crippen LogP contribution in [0.2, 0.25) is 0 Å². The molecule has 6 nitrogen and oxygen atoms in total. The molecule has 0 saturated carbocycles. The lowest BCUT2D eigenvalue weighted by Crippen LogP contribution is -2.29. The maximum Gasteiger partial charge on any atom is 0.348 e. The number of carbonyl (C=O) groups is 1. The first-order valence-electron chi connectivity index (χ1n) is 6.74. The molecule has 0 fully saturated rings. The van der Waals surface area contributed by atoms with E-state index >= 15 is 0 Å². The van der Waals surface area contributed by atoms with Gasteiger partial charge in [-0.3, -0.25) is 9.36 Å². The van der Waals surface area contributed by atoms with Crippen molar-refractivity contribution in [2.45, 2.75) is 26.4 Å². The van der Waals surface area contributed by atoms with Crippen LogP contribution in [-0.2, 0) is 18.4 Å². The average Bonchev–Trinajstić information content (AvgIpc) is 2.41. The van der Waals surface area contributed by atoms with Gasteiger partial charge in [-0.2, -0.15) is 0 Å². The number of hydrogen-bond donors (Lipinski definition) is 1. The molecule has 1 atom stereocenters. The largest absolute Gasteiger partial charge is 0.492 e. The fourth-order valence-electron chi connectivity index (χ4n) is 1.68. The highest BCUT2D eigenvalue weighted by Gasteiger charge is 2.42. The van der Waals surface area contributed by atoms with Crippen LogP contribution in [0.15, 0.2) is 24.3 Å². The zero-order chi connectivity index (χ0) is 15.9. The van der Waals surface area contributed by atoms with Crippen molar-refractivity contribution in [3.63, 3.8) is 0 Å². The van der Waals surface area contributed by atoms with E-state index in [0.29, 0.717) is 5.75 Å². The first-order valence-corrected chi connectivity index (χ1v) is 8.35. The van der Waals surface area contributed by atoms with Gasteiger partial charge in [0, 0.05) is 0 Å². The number of rotatable bonds is 9. The molecule has 0 heterocycles. The number of ether oxygens (including phenoxy) is 1. The lowest BCUT2D eigenvalue weighted by atomic mass is 10.2. The molecule has 0 aliphatic carbocycles. The highest BCUT2D eigenvalue weighted by atomic mass is 31.2. The predicted octanol–water partition coefficient (Wildman–Crippen LogP) is 3.09. The molecule has 0 aliphatic rings. The average molecular weight is 316 g/mol. The third kappa shape index (κ3) is 5.16. The molecule has 21 heavy (non-hydrogen) atoms. The molecule has 1 aromatic carbocycles. The standard InChI is InChI=1S/C14H21O6P/c1-4-19-21(17,20-5-2)13(14(15)16)10-18-12-8-6-11(3)7-9-12/h6-9,13H,4-5,10H2,1-3H3,(H,15,16). The number of carboxylic acids is 1. The second-order valence-electron chi connectivity index (χ2n) is 4.35. The van der Waals surface area contributed by atoms with Crippen LogP contribution in [0.5, 0.6) is 5.75 Å². The summed E-state index contributed by atoms with van der Waals surface area (Å²) < 4.78 is 28.1. The minimum Gasteiger partial charge on any atom is -0.492 e. The van der Waals surface area contributed by atoms with Crippen LogP contribution in [0.1, 0.15) is 19.4 Å². The number of carboxylic acid groups (broad SMARTS) is 1. The van der Waals surface area contributed by atoms with Crippen molar-refractivity contribution in [2.75, 3.05) is 19.8 Å². The summed E-state index contributed by atoms with van der Waals surface area (Å²) in [5.74, 6) is -0.765. The second kappa shape index (κ2) is 8.17. The maximum atomic E-state index is 12.5. The van der Waals surface area contributed by atoms with Crippen molar-refractivity contribution in [3.8, 4) is 5.75 Å². The summed E-state index contributed by atoms with van der Waals surface area (Å²) in [6.45, 7) is 5.12. The van der Waals surface area contributed by atoms with Crippen LogP contribution < -0.4 is 4.74 Å². The van der Waals surface area contributed by atoms with Crippen LogP contribution >= 0.6 is 7.60 Å². The SMILES string of the molecule is CCOP(=O)(OCC)C(COc1ccc(C)cc1)C(=O)O. The summed E-state index contributed by atoms with van der Waals surface area (Å²) >= 11 is 0. The van der Waals surface area contributed by atoms with Gasteiger partial charge in [0.15, 0.2) is 5.66 Å². The van der Waals surface area contributed by atoms with Crippen LogP contribution in [0, 0.1) is 6.92 Å². The second-order valence-corrected chi connectivity index (χ2v) is 6.57. The zero-order valence-corrected chi connectivity index (χ0v) is 13.3. The minimum absolute atomic E-state index is 0.103. The minimum atomic E-state index is -3.76. The number of aryl methyl sites for hydroxylation is 1. The first kappa shape index (κ1) is 17.7. The van der Waals surface area contributed by atoms with Crippen molar-refractivity contribution in [1.29, 1.82) is 0 Å². The topological polar surface area (TPSA) is 82.1 Å². The van der Waals surface area contributed by atoms with E-state index in [-0.39, 0.29) is 19.8 Å². The van der Waals surface area contributed by atoms with Gasteiger partial charge in [-0.15, -0.1) is 0 Å². The fraction of sp³-hybridized carbons (Fsp3) is 0.500. The molecule has 0 saturated heterocycles. The monoisotopic (exact) mass is 316 g/mol. The van der Waals surface area contributed by atoms with Crippen molar-refractivity contribution in [2.24, 2.45) is 0 Å². The highest BCUT2D eigenvalue weighted by molar-refractivity contribution is 7.55. The van der Waals surface area contributed by atoms with Gasteiger partial charge >= 0.3 is 13.6 Å². The normalized spacial score (nSPS) is 12.9. The number of aliphatic carboxylic acids is 1. The summed E-state index contributed by atoms with van der Waals surface area (Å²) in [4.78, 5) is 11.4. The molecule has 1 unspecified atom stereocenters. The lowest BCUT2D eigenvalue weighted by Gasteiger charge is -2.23. The molecule has 0 aliphatic heterocycles. The molecule has 118 valence electrons. The zero-order valence-electron chi connectivity index (χ0n) is 12.4. The Morgan fingerprint density at radius 3 is 2.14 bits per heavy atom. The van der Waals surface area contributed by atoms with Crippen molar-refractivity contribution in [1.82, 2.24) is 0 Å². The summed E-state index contributed by atoms with van der Waals surface area (Å²) in [5, 5.41) is 9.27. The fourth-order valence-corrected chi connectivity index (χ4v) is 3.37. The highest BCUT2D eigenvalue weighted by Crippen LogP contribution is 2.53. The smallest absolute Gasteiger partial charge is 0.348 e. The summed E-state index contributed by atoms with van der Waals surface area (Å²) in [5.41, 5.74) is -0.301. The summed E-state index contributed by atoms with van der Waals surface area (Å²) in [6, 6.07) is 7.13. The Balaban J connectivity index is 2.83. The maximum absolute atomic E-state index is 12.5. The van der Waals surface area contributed by atoms with E-state index in [4.69, 9.17) is 13.8 Å². The quantitative estimate of drug-likeness (QED) is 0.705. The van der Waals surface area contributed by atoms with Crippen LogP contribution in [0.25, 0.3) is 0 Å². The van der Waals surface area contributed by atoms with E-state index in [9.17, 15) is 14.5 Å². The summed E-state index contributed by atoms with van der Waals surface area (Å²) in [6.07, 6.45) is 0. The summed E-state index contributed by atoms with van der Waals surface area (Å²) in [7, 11) is -3.76. The predicted molar refractivity (Wildman–Crippen MR) is 79.0 cm³/mol. The number of hydrogen-bond acceptors (Lipinski definition) is 5. The third-order valence-electron chi connectivity index (χ3n) is 2.71. The molecule has 0 amide bonds. The molecule has 1 rings (SSSR count). The van der Waals surface area contributed by atoms with E-state index in [2.05, 4.69) is 0 Å². The third-order valence-corrected chi connectivity index (χ3v) is 5.08. The molecule has 7 heteroatoms. The Morgan fingerprint density at radius 1 is 1.19 bits per heavy atom. The van der Waals surface area contributed by atoms with Crippen LogP contribution in [0.4, 0.5) is 0 Å². The van der Waals surface area contributed by atoms with E-state index in [1.54, 1.807) is 26.0 Å². The molecule has 0 bridgehead atoms. The van der Waals surface area contributed by atoms with Gasteiger partial charge < -0.3 is 18.9 Å². The van der Waals surface area contributed by atoms with E-state index in [0.717, 1.165) is 5.56 Å². The molecule has 0 spiro atoms. The van der Waals surface area contributed by atoms with Gasteiger partial charge in [0.25, 0.3) is 0 Å². The lowest BCUT2D eigenvalue weighted by molar-refractivity contribution is -0.137. The Morgan fingerprint density at radius 2 is 1.71 bits per heavy atom. The Hall–Kier alpha value is -1.36. The molecular formula is C14H21O6P. The number of benzene rings is 1. The van der Waals surface area contributed by atoms with Crippen molar-refractivity contribution in [3.05, 3.63) is 29.8 Å². The Kier molecular flexibility index (Phi) is 6.89. The Bertz CT molecular complexity index is 489. The van der Waals surface area contributed by atoms with E-state index < -0.39 is 19.2 Å². The van der Waals surface area contributed by atoms with Crippen LogP contribution in [-0.4, -0.2) is 36.6 Å². The first-order chi connectivity index (χ1) is 9.92. The molecule has 0 aromatic heterocycles. The van der Waals surface area contributed by atoms with Gasteiger partial charge in [-0.1, -0.05) is 17.7 Å². The Labute approximate surface area is 124 Å². The van der Waals surface area contributed by atoms with Crippen LogP contribution in [0.3, 0.4) is 0 Å². The van der Waals surface area contributed by atoms with Gasteiger partial charge in [-0.05, 0) is 32.9 Å². The molecule has 1 N–H and O–H groups in total. The van der Waals surface area contributed by atoms with Crippen molar-refractivity contribution < 1.29 is 28.3 Å². The van der Waals surface area contributed by atoms with E-state index in [1.807, 2.05) is 19.1 Å². The van der Waals surface area contributed by atoms with Crippen molar-refractivity contribution >= 4 is 13.6 Å².